The minimum Gasteiger partial charge on any atom is -0.331 e. The van der Waals surface area contributed by atoms with Gasteiger partial charge in [0, 0.05) is 12.5 Å². The molecule has 1 unspecified atom stereocenters. The molecular formula is C16H25NO. The summed E-state index contributed by atoms with van der Waals surface area (Å²) in [4.78, 5) is 14.6. The molecule has 0 N–H and O–H groups in total. The molecule has 0 aliphatic heterocycles. The van der Waals surface area contributed by atoms with Crippen molar-refractivity contribution in [2.24, 2.45) is 17.3 Å². The SMILES string of the molecule is C#CCN(CC1CC1)C(=O)C1CCCCC1(C)C. The van der Waals surface area contributed by atoms with E-state index < -0.39 is 0 Å². The summed E-state index contributed by atoms with van der Waals surface area (Å²) < 4.78 is 0. The predicted octanol–water partition coefficient (Wildman–Crippen LogP) is 3.07. The maximum absolute atomic E-state index is 12.7. The fourth-order valence-electron chi connectivity index (χ4n) is 3.13. The van der Waals surface area contributed by atoms with E-state index in [0.29, 0.717) is 18.4 Å². The zero-order valence-electron chi connectivity index (χ0n) is 11.7. The van der Waals surface area contributed by atoms with E-state index in [9.17, 15) is 4.79 Å². The fraction of sp³-hybridized carbons (Fsp3) is 0.812. The third-order valence-corrected chi connectivity index (χ3v) is 4.57. The van der Waals surface area contributed by atoms with Gasteiger partial charge in [-0.15, -0.1) is 6.42 Å². The van der Waals surface area contributed by atoms with Crippen molar-refractivity contribution < 1.29 is 4.79 Å². The van der Waals surface area contributed by atoms with Gasteiger partial charge in [-0.2, -0.15) is 0 Å². The summed E-state index contributed by atoms with van der Waals surface area (Å²) in [6.45, 7) is 5.84. The Hall–Kier alpha value is -0.970. The normalized spacial score (nSPS) is 26.4. The molecule has 0 saturated heterocycles. The molecule has 1 atom stereocenters. The van der Waals surface area contributed by atoms with Crippen molar-refractivity contribution in [1.82, 2.24) is 4.90 Å². The van der Waals surface area contributed by atoms with Crippen molar-refractivity contribution in [2.45, 2.75) is 52.4 Å². The molecule has 18 heavy (non-hydrogen) atoms. The average Bonchev–Trinajstić information content (AvgIpc) is 3.11. The van der Waals surface area contributed by atoms with Crippen LogP contribution in [-0.4, -0.2) is 23.9 Å². The third kappa shape index (κ3) is 3.07. The molecule has 0 aromatic heterocycles. The quantitative estimate of drug-likeness (QED) is 0.699. The Kier molecular flexibility index (Phi) is 4.00. The topological polar surface area (TPSA) is 20.3 Å². The van der Waals surface area contributed by atoms with Gasteiger partial charge in [-0.1, -0.05) is 32.6 Å². The van der Waals surface area contributed by atoms with Gasteiger partial charge in [0.25, 0.3) is 0 Å². The van der Waals surface area contributed by atoms with Crippen molar-refractivity contribution >= 4 is 5.91 Å². The zero-order chi connectivity index (χ0) is 13.2. The molecule has 100 valence electrons. The van der Waals surface area contributed by atoms with Gasteiger partial charge in [-0.3, -0.25) is 4.79 Å². The van der Waals surface area contributed by atoms with Crippen LogP contribution in [-0.2, 0) is 4.79 Å². The first-order valence-electron chi connectivity index (χ1n) is 7.27. The number of hydrogen-bond acceptors (Lipinski definition) is 1. The zero-order valence-corrected chi connectivity index (χ0v) is 11.7. The van der Waals surface area contributed by atoms with Gasteiger partial charge in [0.1, 0.15) is 0 Å². The molecule has 2 saturated carbocycles. The summed E-state index contributed by atoms with van der Waals surface area (Å²) in [5.74, 6) is 3.86. The van der Waals surface area contributed by atoms with Crippen LogP contribution in [0.1, 0.15) is 52.4 Å². The van der Waals surface area contributed by atoms with Crippen LogP contribution in [0.15, 0.2) is 0 Å². The first-order valence-corrected chi connectivity index (χ1v) is 7.27. The lowest BCUT2D eigenvalue weighted by molar-refractivity contribution is -0.140. The summed E-state index contributed by atoms with van der Waals surface area (Å²) >= 11 is 0. The predicted molar refractivity (Wildman–Crippen MR) is 73.9 cm³/mol. The highest BCUT2D eigenvalue weighted by Crippen LogP contribution is 2.42. The van der Waals surface area contributed by atoms with Crippen LogP contribution in [0, 0.1) is 29.6 Å². The molecule has 0 aromatic carbocycles. The van der Waals surface area contributed by atoms with Crippen LogP contribution in [0.25, 0.3) is 0 Å². The highest BCUT2D eigenvalue weighted by atomic mass is 16.2. The molecule has 2 fully saturated rings. The van der Waals surface area contributed by atoms with E-state index in [2.05, 4.69) is 19.8 Å². The van der Waals surface area contributed by atoms with E-state index in [4.69, 9.17) is 6.42 Å². The van der Waals surface area contributed by atoms with Gasteiger partial charge in [0.05, 0.1) is 6.54 Å². The number of hydrogen-bond donors (Lipinski definition) is 0. The average molecular weight is 247 g/mol. The van der Waals surface area contributed by atoms with E-state index in [1.54, 1.807) is 0 Å². The first kappa shape index (κ1) is 13.5. The molecule has 2 aliphatic carbocycles. The lowest BCUT2D eigenvalue weighted by Crippen LogP contribution is -2.44. The number of rotatable bonds is 4. The summed E-state index contributed by atoms with van der Waals surface area (Å²) in [6, 6.07) is 0. The molecule has 2 heteroatoms. The second kappa shape index (κ2) is 5.34. The van der Waals surface area contributed by atoms with Crippen LogP contribution < -0.4 is 0 Å². The molecule has 0 bridgehead atoms. The minimum atomic E-state index is 0.145. The van der Waals surface area contributed by atoms with Crippen molar-refractivity contribution in [2.75, 3.05) is 13.1 Å². The van der Waals surface area contributed by atoms with Gasteiger partial charge >= 0.3 is 0 Å². The highest BCUT2D eigenvalue weighted by Gasteiger charge is 2.40. The largest absolute Gasteiger partial charge is 0.331 e. The van der Waals surface area contributed by atoms with Crippen LogP contribution in [0.5, 0.6) is 0 Å². The Morgan fingerprint density at radius 1 is 1.33 bits per heavy atom. The second-order valence-corrected chi connectivity index (χ2v) is 6.65. The Bertz CT molecular complexity index is 349. The monoisotopic (exact) mass is 247 g/mol. The van der Waals surface area contributed by atoms with Gasteiger partial charge < -0.3 is 4.90 Å². The van der Waals surface area contributed by atoms with E-state index in [-0.39, 0.29) is 11.3 Å². The Balaban J connectivity index is 2.03. The van der Waals surface area contributed by atoms with Crippen molar-refractivity contribution in [1.29, 1.82) is 0 Å². The van der Waals surface area contributed by atoms with Crippen molar-refractivity contribution in [3.05, 3.63) is 0 Å². The van der Waals surface area contributed by atoms with Gasteiger partial charge in [-0.05, 0) is 37.0 Å². The number of carbonyl (C=O) groups excluding carboxylic acids is 1. The first-order chi connectivity index (χ1) is 8.54. The maximum atomic E-state index is 12.7. The molecule has 2 rings (SSSR count). The van der Waals surface area contributed by atoms with E-state index in [0.717, 1.165) is 19.4 Å². The Labute approximate surface area is 111 Å². The Morgan fingerprint density at radius 2 is 2.06 bits per heavy atom. The van der Waals surface area contributed by atoms with Gasteiger partial charge in [0.15, 0.2) is 0 Å². The van der Waals surface area contributed by atoms with Crippen LogP contribution in [0.2, 0.25) is 0 Å². The molecule has 0 spiro atoms. The number of nitrogens with zero attached hydrogens (tertiary/aromatic N) is 1. The standard InChI is InChI=1S/C16H25NO/c1-4-11-17(12-13-8-9-13)15(18)14-7-5-6-10-16(14,2)3/h1,13-14H,5-12H2,2-3H3. The lowest BCUT2D eigenvalue weighted by Gasteiger charge is -2.40. The molecule has 0 radical (unpaired) electrons. The summed E-state index contributed by atoms with van der Waals surface area (Å²) in [7, 11) is 0. The number of terminal acetylenes is 1. The lowest BCUT2D eigenvalue weighted by atomic mass is 9.68. The third-order valence-electron chi connectivity index (χ3n) is 4.57. The number of carbonyl (C=O) groups is 1. The highest BCUT2D eigenvalue weighted by molar-refractivity contribution is 5.80. The van der Waals surface area contributed by atoms with Crippen molar-refractivity contribution in [3.63, 3.8) is 0 Å². The summed E-state index contributed by atoms with van der Waals surface area (Å²) in [6.07, 6.45) is 12.6. The van der Waals surface area contributed by atoms with E-state index >= 15 is 0 Å². The van der Waals surface area contributed by atoms with Gasteiger partial charge in [0.2, 0.25) is 5.91 Å². The number of amides is 1. The second-order valence-electron chi connectivity index (χ2n) is 6.65. The van der Waals surface area contributed by atoms with E-state index in [1.807, 2.05) is 4.90 Å². The molecule has 2 aliphatic rings. The maximum Gasteiger partial charge on any atom is 0.227 e. The molecule has 0 heterocycles. The summed E-state index contributed by atoms with van der Waals surface area (Å²) in [5, 5.41) is 0. The van der Waals surface area contributed by atoms with Crippen LogP contribution in [0.4, 0.5) is 0 Å². The molecule has 0 aromatic rings. The van der Waals surface area contributed by atoms with Crippen LogP contribution >= 0.6 is 0 Å². The smallest absolute Gasteiger partial charge is 0.227 e. The minimum absolute atomic E-state index is 0.145. The molecular weight excluding hydrogens is 222 g/mol. The van der Waals surface area contributed by atoms with Crippen LogP contribution in [0.3, 0.4) is 0 Å². The molecule has 1 amide bonds. The van der Waals surface area contributed by atoms with Gasteiger partial charge in [-0.25, -0.2) is 0 Å². The Morgan fingerprint density at radius 3 is 2.61 bits per heavy atom. The summed E-state index contributed by atoms with van der Waals surface area (Å²) in [5.41, 5.74) is 0.145. The van der Waals surface area contributed by atoms with E-state index in [1.165, 1.54) is 25.7 Å². The van der Waals surface area contributed by atoms with Crippen molar-refractivity contribution in [3.8, 4) is 12.3 Å². The molecule has 2 nitrogen and oxygen atoms in total. The fourth-order valence-corrected chi connectivity index (χ4v) is 3.13.